The van der Waals surface area contributed by atoms with Gasteiger partial charge in [0, 0.05) is 17.6 Å². The lowest BCUT2D eigenvalue weighted by Crippen LogP contribution is -2.39. The molecule has 3 heterocycles. The number of rotatable bonds is 2. The average Bonchev–Trinajstić information content (AvgIpc) is 2.89. The molecule has 2 fully saturated rings. The molecule has 6 heteroatoms. The summed E-state index contributed by atoms with van der Waals surface area (Å²) in [6.07, 6.45) is 4.18. The van der Waals surface area contributed by atoms with Crippen molar-refractivity contribution in [1.29, 1.82) is 0 Å². The van der Waals surface area contributed by atoms with Crippen LogP contribution in [0.25, 0.3) is 0 Å². The zero-order chi connectivity index (χ0) is 18.8. The number of hydrogen-bond acceptors (Lipinski definition) is 6. The van der Waals surface area contributed by atoms with E-state index in [1.807, 2.05) is 6.08 Å². The largest absolute Gasteiger partial charge is 0.458 e. The van der Waals surface area contributed by atoms with Gasteiger partial charge in [0.2, 0.25) is 0 Å². The topological polar surface area (TPSA) is 82.1 Å². The van der Waals surface area contributed by atoms with Crippen LogP contribution < -0.4 is 0 Å². The molecule has 0 unspecified atom stereocenters. The van der Waals surface area contributed by atoms with Crippen LogP contribution in [0.3, 0.4) is 0 Å². The summed E-state index contributed by atoms with van der Waals surface area (Å²) in [6.45, 7) is 7.74. The quantitative estimate of drug-likeness (QED) is 0.462. The summed E-state index contributed by atoms with van der Waals surface area (Å²) in [7, 11) is 0. The van der Waals surface area contributed by atoms with E-state index in [0.717, 1.165) is 12.8 Å². The lowest BCUT2D eigenvalue weighted by molar-refractivity contribution is -0.151. The highest BCUT2D eigenvalue weighted by molar-refractivity contribution is 5.91. The fraction of sp³-hybridized carbons (Fsp3) is 0.600. The van der Waals surface area contributed by atoms with Gasteiger partial charge in [-0.25, -0.2) is 9.59 Å². The molecule has 142 valence electrons. The second-order valence-electron chi connectivity index (χ2n) is 7.26. The van der Waals surface area contributed by atoms with E-state index in [0.29, 0.717) is 29.7 Å². The maximum absolute atomic E-state index is 12.4. The monoisotopic (exact) mass is 362 g/mol. The van der Waals surface area contributed by atoms with Gasteiger partial charge >= 0.3 is 11.9 Å². The third-order valence-electron chi connectivity index (χ3n) is 5.53. The van der Waals surface area contributed by atoms with Gasteiger partial charge in [-0.05, 0) is 44.6 Å². The molecule has 6 nitrogen and oxygen atoms in total. The maximum atomic E-state index is 12.4. The van der Waals surface area contributed by atoms with Crippen molar-refractivity contribution in [3.63, 3.8) is 0 Å². The van der Waals surface area contributed by atoms with Crippen LogP contribution in [0.15, 0.2) is 35.5 Å². The number of hydrogen-bond donors (Lipinski definition) is 1. The lowest BCUT2D eigenvalue weighted by atomic mass is 9.81. The Morgan fingerprint density at radius 1 is 1.46 bits per heavy atom. The van der Waals surface area contributed by atoms with E-state index in [1.165, 1.54) is 0 Å². The van der Waals surface area contributed by atoms with Crippen LogP contribution in [0.1, 0.15) is 39.5 Å². The van der Waals surface area contributed by atoms with Crippen LogP contribution in [0, 0.1) is 11.8 Å². The summed E-state index contributed by atoms with van der Waals surface area (Å²) >= 11 is 0. The minimum absolute atomic E-state index is 0.153. The Bertz CT molecular complexity index is 661. The molecule has 0 radical (unpaired) electrons. The molecule has 26 heavy (non-hydrogen) atoms. The van der Waals surface area contributed by atoms with Crippen LogP contribution in [0.2, 0.25) is 0 Å². The number of carbonyl (C=O) groups is 2. The molecule has 0 saturated carbocycles. The number of allylic oxidation sites excluding steroid dienone is 2. The number of carbonyl (C=O) groups excluding carboxylic acids is 2. The molecule has 0 spiro atoms. The van der Waals surface area contributed by atoms with Crippen molar-refractivity contribution in [2.75, 3.05) is 6.61 Å². The van der Waals surface area contributed by atoms with Gasteiger partial charge in [0.05, 0.1) is 12.5 Å². The van der Waals surface area contributed by atoms with Crippen molar-refractivity contribution in [1.82, 2.24) is 0 Å². The molecule has 4 aliphatic rings. The first-order valence-electron chi connectivity index (χ1n) is 9.13. The van der Waals surface area contributed by atoms with Crippen LogP contribution >= 0.6 is 0 Å². The van der Waals surface area contributed by atoms with Gasteiger partial charge in [0.25, 0.3) is 0 Å². The van der Waals surface area contributed by atoms with Gasteiger partial charge in [0.1, 0.15) is 12.2 Å². The smallest absolute Gasteiger partial charge is 0.334 e. The summed E-state index contributed by atoms with van der Waals surface area (Å²) in [5.74, 6) is -1.14. The second kappa shape index (κ2) is 7.76. The molecule has 4 rings (SSSR count). The Morgan fingerprint density at radius 3 is 2.96 bits per heavy atom. The Labute approximate surface area is 153 Å². The van der Waals surface area contributed by atoms with E-state index in [9.17, 15) is 14.7 Å². The summed E-state index contributed by atoms with van der Waals surface area (Å²) in [4.78, 5) is 24.5. The van der Waals surface area contributed by atoms with Crippen molar-refractivity contribution in [2.24, 2.45) is 11.8 Å². The summed E-state index contributed by atoms with van der Waals surface area (Å²) in [5, 5.41) is 10.3. The number of aliphatic hydroxyl groups excluding tert-OH is 1. The molecule has 0 aromatic heterocycles. The standard InChI is InChI=1S/C20H26O6/c1-4-11(2)18(21)25-16-9-14-7-5-6-13(10-24-20(14)23)8-15-17(16)12(3)19(22)26-15/h4,7,13,15-17,20,23H,3,5-6,8-10H2,1-2H3/b11-4+,14-7?/t13-,15-,16-,17+,20-/m1/s1. The van der Waals surface area contributed by atoms with Crippen molar-refractivity contribution in [2.45, 2.75) is 58.0 Å². The number of ether oxygens (including phenoxy) is 3. The van der Waals surface area contributed by atoms with Gasteiger partial charge in [-0.2, -0.15) is 0 Å². The van der Waals surface area contributed by atoms with Crippen LogP contribution in [0.4, 0.5) is 0 Å². The highest BCUT2D eigenvalue weighted by Crippen LogP contribution is 2.40. The fourth-order valence-electron chi connectivity index (χ4n) is 3.85. The molecule has 0 aromatic carbocycles. The Morgan fingerprint density at radius 2 is 2.23 bits per heavy atom. The van der Waals surface area contributed by atoms with Crippen LogP contribution in [-0.2, 0) is 23.8 Å². The number of esters is 2. The van der Waals surface area contributed by atoms with Crippen LogP contribution in [-0.4, -0.2) is 42.1 Å². The van der Waals surface area contributed by atoms with Crippen molar-refractivity contribution >= 4 is 11.9 Å². The highest BCUT2D eigenvalue weighted by Gasteiger charge is 2.47. The Hall–Kier alpha value is -1.92. The SMILES string of the molecule is C=C1C(=O)O[C@@H]2C[C@H]3CCC=C(C[C@@H](OC(=O)/C(C)=C/C)[C@@H]12)[C@H](O)OC3. The van der Waals surface area contributed by atoms with Gasteiger partial charge in [-0.3, -0.25) is 0 Å². The predicted molar refractivity (Wildman–Crippen MR) is 93.8 cm³/mol. The Kier molecular flexibility index (Phi) is 5.63. The first kappa shape index (κ1) is 18.9. The van der Waals surface area contributed by atoms with Gasteiger partial charge in [0.15, 0.2) is 6.29 Å². The van der Waals surface area contributed by atoms with E-state index in [-0.39, 0.29) is 18.4 Å². The fourth-order valence-corrected chi connectivity index (χ4v) is 3.85. The normalized spacial score (nSPS) is 35.3. The molecular weight excluding hydrogens is 336 g/mol. The predicted octanol–water partition coefficient (Wildman–Crippen LogP) is 2.43. The summed E-state index contributed by atoms with van der Waals surface area (Å²) in [5.41, 5.74) is 1.49. The number of fused-ring (bicyclic) bond motifs is 5. The summed E-state index contributed by atoms with van der Waals surface area (Å²) in [6, 6.07) is 0. The Balaban J connectivity index is 1.96. The first-order valence-corrected chi connectivity index (χ1v) is 9.13. The molecule has 1 N–H and O–H groups in total. The maximum Gasteiger partial charge on any atom is 0.334 e. The number of aliphatic hydroxyl groups is 1. The molecule has 3 aliphatic heterocycles. The van der Waals surface area contributed by atoms with Gasteiger partial charge in [-0.1, -0.05) is 18.7 Å². The third kappa shape index (κ3) is 3.76. The van der Waals surface area contributed by atoms with E-state index >= 15 is 0 Å². The van der Waals surface area contributed by atoms with E-state index < -0.39 is 30.3 Å². The van der Waals surface area contributed by atoms with Gasteiger partial charge < -0.3 is 19.3 Å². The zero-order valence-corrected chi connectivity index (χ0v) is 15.3. The molecule has 1 aliphatic carbocycles. The third-order valence-corrected chi connectivity index (χ3v) is 5.53. The molecular formula is C20H26O6. The molecule has 2 bridgehead atoms. The molecule has 2 saturated heterocycles. The van der Waals surface area contributed by atoms with E-state index in [2.05, 4.69) is 6.58 Å². The first-order chi connectivity index (χ1) is 12.4. The van der Waals surface area contributed by atoms with E-state index in [4.69, 9.17) is 14.2 Å². The minimum Gasteiger partial charge on any atom is -0.458 e. The molecule has 0 aromatic rings. The lowest BCUT2D eigenvalue weighted by Gasteiger charge is -2.34. The minimum atomic E-state index is -1.02. The van der Waals surface area contributed by atoms with Crippen LogP contribution in [0.5, 0.6) is 0 Å². The van der Waals surface area contributed by atoms with Gasteiger partial charge in [-0.15, -0.1) is 0 Å². The summed E-state index contributed by atoms with van der Waals surface area (Å²) < 4.78 is 16.9. The van der Waals surface area contributed by atoms with Crippen molar-refractivity contribution < 1.29 is 28.9 Å². The van der Waals surface area contributed by atoms with E-state index in [1.54, 1.807) is 19.9 Å². The zero-order valence-electron chi connectivity index (χ0n) is 15.3. The molecule has 5 atom stereocenters. The van der Waals surface area contributed by atoms with Crippen molar-refractivity contribution in [3.8, 4) is 0 Å². The average molecular weight is 362 g/mol. The highest BCUT2D eigenvalue weighted by atomic mass is 16.6. The second-order valence-corrected chi connectivity index (χ2v) is 7.26. The van der Waals surface area contributed by atoms with Crippen molar-refractivity contribution in [3.05, 3.63) is 35.5 Å². The molecule has 0 amide bonds.